The molecule has 0 saturated heterocycles. The minimum Gasteiger partial charge on any atom is -0.314 e. The van der Waals surface area contributed by atoms with Crippen molar-refractivity contribution < 1.29 is 8.42 Å². The maximum absolute atomic E-state index is 12.3. The quantitative estimate of drug-likeness (QED) is 0.686. The molecule has 0 spiro atoms. The average Bonchev–Trinajstić information content (AvgIpc) is 3.23. The molecule has 0 atom stereocenters. The first kappa shape index (κ1) is 16.7. The summed E-state index contributed by atoms with van der Waals surface area (Å²) in [4.78, 5) is 0. The first-order valence-electron chi connectivity index (χ1n) is 7.13. The van der Waals surface area contributed by atoms with Crippen molar-refractivity contribution in [1.82, 2.24) is 9.62 Å². The predicted octanol–water partition coefficient (Wildman–Crippen LogP) is 2.49. The van der Waals surface area contributed by atoms with E-state index >= 15 is 0 Å². The zero-order valence-electron chi connectivity index (χ0n) is 12.4. The van der Waals surface area contributed by atoms with E-state index in [2.05, 4.69) is 26.0 Å². The standard InChI is InChI=1S/C14H22BrN3O2S/c1-11-5-3-6-13(14(11)15)17-21(19,20)18(2)10-4-9-16-12-7-8-12/h3,5-6,12,16-17H,4,7-10H2,1-2H3. The van der Waals surface area contributed by atoms with Crippen LogP contribution >= 0.6 is 15.9 Å². The number of halogens is 1. The van der Waals surface area contributed by atoms with Crippen LogP contribution in [0, 0.1) is 6.92 Å². The van der Waals surface area contributed by atoms with Crippen molar-refractivity contribution in [1.29, 1.82) is 0 Å². The van der Waals surface area contributed by atoms with Crippen LogP contribution in [0.4, 0.5) is 5.69 Å². The Hall–Kier alpha value is -0.630. The number of rotatable bonds is 8. The molecule has 1 aromatic rings. The monoisotopic (exact) mass is 375 g/mol. The smallest absolute Gasteiger partial charge is 0.301 e. The minimum atomic E-state index is -3.51. The van der Waals surface area contributed by atoms with E-state index in [-0.39, 0.29) is 0 Å². The van der Waals surface area contributed by atoms with Gasteiger partial charge >= 0.3 is 10.2 Å². The maximum Gasteiger partial charge on any atom is 0.301 e. The highest BCUT2D eigenvalue weighted by Crippen LogP contribution is 2.26. The third kappa shape index (κ3) is 4.95. The lowest BCUT2D eigenvalue weighted by molar-refractivity contribution is 0.458. The second-order valence-electron chi connectivity index (χ2n) is 5.45. The summed E-state index contributed by atoms with van der Waals surface area (Å²) >= 11 is 3.41. The van der Waals surface area contributed by atoms with Gasteiger partial charge in [-0.2, -0.15) is 12.7 Å². The number of hydrogen-bond acceptors (Lipinski definition) is 3. The second kappa shape index (κ2) is 7.09. The van der Waals surface area contributed by atoms with Crippen LogP contribution in [0.15, 0.2) is 22.7 Å². The van der Waals surface area contributed by atoms with Crippen molar-refractivity contribution >= 4 is 31.8 Å². The van der Waals surface area contributed by atoms with Gasteiger partial charge in [-0.3, -0.25) is 4.72 Å². The SMILES string of the molecule is Cc1cccc(NS(=O)(=O)N(C)CCCNC2CC2)c1Br. The normalized spacial score (nSPS) is 15.4. The van der Waals surface area contributed by atoms with E-state index in [1.807, 2.05) is 19.1 Å². The highest BCUT2D eigenvalue weighted by atomic mass is 79.9. The van der Waals surface area contributed by atoms with E-state index < -0.39 is 10.2 Å². The van der Waals surface area contributed by atoms with E-state index in [9.17, 15) is 8.42 Å². The summed E-state index contributed by atoms with van der Waals surface area (Å²) in [7, 11) is -1.91. The van der Waals surface area contributed by atoms with Crippen LogP contribution in [0.5, 0.6) is 0 Å². The Bertz CT molecular complexity index is 588. The van der Waals surface area contributed by atoms with E-state index in [4.69, 9.17) is 0 Å². The summed E-state index contributed by atoms with van der Waals surface area (Å²) in [6, 6.07) is 6.16. The van der Waals surface area contributed by atoms with Crippen LogP contribution < -0.4 is 10.0 Å². The molecule has 21 heavy (non-hydrogen) atoms. The number of aryl methyl sites for hydroxylation is 1. The molecule has 0 heterocycles. The van der Waals surface area contributed by atoms with Gasteiger partial charge in [-0.1, -0.05) is 12.1 Å². The Morgan fingerprint density at radius 3 is 2.76 bits per heavy atom. The molecule has 7 heteroatoms. The summed E-state index contributed by atoms with van der Waals surface area (Å²) in [6.45, 7) is 3.28. The molecule has 1 aromatic carbocycles. The van der Waals surface area contributed by atoms with Crippen LogP contribution in [0.3, 0.4) is 0 Å². The van der Waals surface area contributed by atoms with Crippen molar-refractivity contribution in [2.45, 2.75) is 32.2 Å². The van der Waals surface area contributed by atoms with Gasteiger partial charge in [0.2, 0.25) is 0 Å². The van der Waals surface area contributed by atoms with Gasteiger partial charge < -0.3 is 5.32 Å². The highest BCUT2D eigenvalue weighted by molar-refractivity contribution is 9.10. The fourth-order valence-electron chi connectivity index (χ4n) is 1.96. The van der Waals surface area contributed by atoms with E-state index in [1.54, 1.807) is 13.1 Å². The van der Waals surface area contributed by atoms with Gasteiger partial charge in [0.25, 0.3) is 0 Å². The third-order valence-corrected chi connectivity index (χ3v) is 6.03. The fraction of sp³-hybridized carbons (Fsp3) is 0.571. The van der Waals surface area contributed by atoms with Gasteiger partial charge in [-0.25, -0.2) is 0 Å². The molecule has 118 valence electrons. The highest BCUT2D eigenvalue weighted by Gasteiger charge is 2.21. The first-order valence-corrected chi connectivity index (χ1v) is 9.36. The molecule has 0 bridgehead atoms. The lowest BCUT2D eigenvalue weighted by Gasteiger charge is -2.19. The van der Waals surface area contributed by atoms with E-state index in [1.165, 1.54) is 17.1 Å². The van der Waals surface area contributed by atoms with E-state index in [0.717, 1.165) is 23.0 Å². The molecule has 0 amide bonds. The lowest BCUT2D eigenvalue weighted by atomic mass is 10.2. The molecule has 1 saturated carbocycles. The number of nitrogens with one attached hydrogen (secondary N) is 2. The van der Waals surface area contributed by atoms with Gasteiger partial charge in [-0.15, -0.1) is 0 Å². The Kier molecular flexibility index (Phi) is 5.65. The molecule has 0 aliphatic heterocycles. The Morgan fingerprint density at radius 1 is 1.38 bits per heavy atom. The number of benzene rings is 1. The zero-order chi connectivity index (χ0) is 15.5. The van der Waals surface area contributed by atoms with Gasteiger partial charge in [-0.05, 0) is 60.3 Å². The lowest BCUT2D eigenvalue weighted by Crippen LogP contribution is -2.34. The summed E-state index contributed by atoms with van der Waals surface area (Å²) in [5, 5.41) is 3.38. The van der Waals surface area contributed by atoms with E-state index in [0.29, 0.717) is 18.3 Å². The maximum atomic E-state index is 12.3. The summed E-state index contributed by atoms with van der Waals surface area (Å²) in [6.07, 6.45) is 3.30. The van der Waals surface area contributed by atoms with Crippen LogP contribution in [-0.4, -0.2) is 38.9 Å². The topological polar surface area (TPSA) is 61.4 Å². The van der Waals surface area contributed by atoms with Gasteiger partial charge in [0.05, 0.1) is 5.69 Å². The Morgan fingerprint density at radius 2 is 2.10 bits per heavy atom. The molecule has 2 N–H and O–H groups in total. The number of nitrogens with zero attached hydrogens (tertiary/aromatic N) is 1. The van der Waals surface area contributed by atoms with Crippen molar-refractivity contribution in [3.05, 3.63) is 28.2 Å². The molecule has 0 radical (unpaired) electrons. The van der Waals surface area contributed by atoms with Crippen molar-refractivity contribution in [2.24, 2.45) is 0 Å². The summed E-state index contributed by atoms with van der Waals surface area (Å²) in [5.74, 6) is 0. The second-order valence-corrected chi connectivity index (χ2v) is 8.02. The van der Waals surface area contributed by atoms with Gasteiger partial charge in [0, 0.05) is 24.1 Å². The molecule has 5 nitrogen and oxygen atoms in total. The molecule has 0 unspecified atom stereocenters. The van der Waals surface area contributed by atoms with Crippen LogP contribution in [0.1, 0.15) is 24.8 Å². The molecule has 1 fully saturated rings. The Balaban J connectivity index is 1.88. The molecular weight excluding hydrogens is 354 g/mol. The van der Waals surface area contributed by atoms with Gasteiger partial charge in [0.15, 0.2) is 0 Å². The third-order valence-electron chi connectivity index (χ3n) is 3.50. The predicted molar refractivity (Wildman–Crippen MR) is 89.7 cm³/mol. The molecule has 1 aliphatic rings. The number of anilines is 1. The van der Waals surface area contributed by atoms with Crippen molar-refractivity contribution in [2.75, 3.05) is 24.9 Å². The van der Waals surface area contributed by atoms with Crippen molar-refractivity contribution in [3.8, 4) is 0 Å². The average molecular weight is 376 g/mol. The molecular formula is C14H22BrN3O2S. The molecule has 0 aromatic heterocycles. The van der Waals surface area contributed by atoms with Crippen molar-refractivity contribution in [3.63, 3.8) is 0 Å². The summed E-state index contributed by atoms with van der Waals surface area (Å²) in [5.41, 5.74) is 1.56. The number of hydrogen-bond donors (Lipinski definition) is 2. The van der Waals surface area contributed by atoms with Crippen LogP contribution in [0.25, 0.3) is 0 Å². The first-order chi connectivity index (χ1) is 9.90. The summed E-state index contributed by atoms with van der Waals surface area (Å²) < 4.78 is 29.3. The molecule has 1 aliphatic carbocycles. The fourth-order valence-corrected chi connectivity index (χ4v) is 3.43. The largest absolute Gasteiger partial charge is 0.314 e. The zero-order valence-corrected chi connectivity index (χ0v) is 14.8. The van der Waals surface area contributed by atoms with Crippen LogP contribution in [-0.2, 0) is 10.2 Å². The minimum absolute atomic E-state index is 0.499. The Labute approximate surface area is 135 Å². The molecule has 2 rings (SSSR count). The van der Waals surface area contributed by atoms with Crippen LogP contribution in [0.2, 0.25) is 0 Å². The van der Waals surface area contributed by atoms with Gasteiger partial charge in [0.1, 0.15) is 0 Å².